The molecule has 0 saturated carbocycles. The highest BCUT2D eigenvalue weighted by molar-refractivity contribution is 9.10. The van der Waals surface area contributed by atoms with E-state index in [2.05, 4.69) is 15.9 Å². The molecule has 0 aromatic heterocycles. The summed E-state index contributed by atoms with van der Waals surface area (Å²) in [6.45, 7) is 3.65. The summed E-state index contributed by atoms with van der Waals surface area (Å²) >= 11 is 9.07. The summed E-state index contributed by atoms with van der Waals surface area (Å²) in [5.74, 6) is -0.655. The van der Waals surface area contributed by atoms with Crippen LogP contribution in [0, 0.1) is 19.7 Å². The molecule has 0 aliphatic carbocycles. The molecule has 0 N–H and O–H groups in total. The van der Waals surface area contributed by atoms with E-state index in [1.165, 1.54) is 12.1 Å². The topological polar surface area (TPSA) is 17.1 Å². The first-order valence-corrected chi connectivity index (χ1v) is 6.83. The van der Waals surface area contributed by atoms with Crippen LogP contribution >= 0.6 is 27.5 Å². The molecule has 0 heterocycles. The molecule has 0 amide bonds. The molecule has 0 spiro atoms. The van der Waals surface area contributed by atoms with Crippen LogP contribution in [-0.2, 0) is 0 Å². The Balaban J connectivity index is 2.49. The Morgan fingerprint density at radius 3 is 2.47 bits per heavy atom. The van der Waals surface area contributed by atoms with Gasteiger partial charge in [0.05, 0.1) is 4.47 Å². The van der Waals surface area contributed by atoms with E-state index in [1.807, 2.05) is 13.8 Å². The van der Waals surface area contributed by atoms with E-state index in [1.54, 1.807) is 18.2 Å². The van der Waals surface area contributed by atoms with Crippen molar-refractivity contribution in [2.45, 2.75) is 13.8 Å². The Kier molecular flexibility index (Phi) is 4.07. The monoisotopic (exact) mass is 340 g/mol. The minimum absolute atomic E-state index is 0.205. The van der Waals surface area contributed by atoms with Crippen LogP contribution in [0.2, 0.25) is 5.02 Å². The number of carbonyl (C=O) groups is 1. The summed E-state index contributed by atoms with van der Waals surface area (Å²) in [5.41, 5.74) is 2.48. The van der Waals surface area contributed by atoms with Gasteiger partial charge in [-0.05, 0) is 71.2 Å². The van der Waals surface area contributed by atoms with Crippen LogP contribution in [-0.4, -0.2) is 5.78 Å². The molecule has 2 rings (SSSR count). The van der Waals surface area contributed by atoms with Gasteiger partial charge in [-0.1, -0.05) is 11.6 Å². The number of ketones is 1. The molecule has 0 atom stereocenters. The zero-order valence-corrected chi connectivity index (χ0v) is 12.8. The van der Waals surface area contributed by atoms with Gasteiger partial charge in [-0.15, -0.1) is 0 Å². The Morgan fingerprint density at radius 2 is 1.84 bits per heavy atom. The summed E-state index contributed by atoms with van der Waals surface area (Å²) in [4.78, 5) is 12.4. The fourth-order valence-electron chi connectivity index (χ4n) is 1.82. The predicted octanol–water partition coefficient (Wildman–Crippen LogP) is 5.09. The second kappa shape index (κ2) is 5.43. The molecular weight excluding hydrogens is 331 g/mol. The molecule has 0 aliphatic heterocycles. The van der Waals surface area contributed by atoms with E-state index in [9.17, 15) is 9.18 Å². The summed E-state index contributed by atoms with van der Waals surface area (Å²) in [6.07, 6.45) is 0. The van der Waals surface area contributed by atoms with E-state index >= 15 is 0 Å². The van der Waals surface area contributed by atoms with Gasteiger partial charge in [-0.25, -0.2) is 4.39 Å². The highest BCUT2D eigenvalue weighted by atomic mass is 79.9. The van der Waals surface area contributed by atoms with Gasteiger partial charge >= 0.3 is 0 Å². The maximum atomic E-state index is 13.5. The Morgan fingerprint density at radius 1 is 1.16 bits per heavy atom. The highest BCUT2D eigenvalue weighted by Gasteiger charge is 2.15. The largest absolute Gasteiger partial charge is 0.289 e. The van der Waals surface area contributed by atoms with E-state index < -0.39 is 5.82 Å². The third-order valence-electron chi connectivity index (χ3n) is 2.93. The van der Waals surface area contributed by atoms with Gasteiger partial charge in [0.25, 0.3) is 0 Å². The van der Waals surface area contributed by atoms with Crippen LogP contribution in [0.25, 0.3) is 0 Å². The van der Waals surface area contributed by atoms with Crippen LogP contribution in [0.1, 0.15) is 27.0 Å². The fourth-order valence-corrected chi connectivity index (χ4v) is 2.28. The highest BCUT2D eigenvalue weighted by Crippen LogP contribution is 2.24. The molecule has 0 fully saturated rings. The van der Waals surface area contributed by atoms with Crippen molar-refractivity contribution in [2.75, 3.05) is 0 Å². The fraction of sp³-hybridized carbons (Fsp3) is 0.133. The zero-order chi connectivity index (χ0) is 14.2. The van der Waals surface area contributed by atoms with Crippen molar-refractivity contribution >= 4 is 33.3 Å². The molecule has 0 saturated heterocycles. The van der Waals surface area contributed by atoms with E-state index in [0.717, 1.165) is 11.1 Å². The minimum atomic E-state index is -0.450. The number of hydrogen-bond donors (Lipinski definition) is 0. The first-order valence-electron chi connectivity index (χ1n) is 5.66. The van der Waals surface area contributed by atoms with Crippen LogP contribution in [0.4, 0.5) is 4.39 Å². The lowest BCUT2D eigenvalue weighted by Gasteiger charge is -2.08. The molecule has 0 radical (unpaired) electrons. The van der Waals surface area contributed by atoms with Crippen molar-refractivity contribution in [3.8, 4) is 0 Å². The van der Waals surface area contributed by atoms with Crippen molar-refractivity contribution < 1.29 is 9.18 Å². The lowest BCUT2D eigenvalue weighted by molar-refractivity contribution is 0.103. The minimum Gasteiger partial charge on any atom is -0.289 e. The van der Waals surface area contributed by atoms with Crippen molar-refractivity contribution in [3.63, 3.8) is 0 Å². The van der Waals surface area contributed by atoms with Crippen LogP contribution < -0.4 is 0 Å². The van der Waals surface area contributed by atoms with Crippen molar-refractivity contribution in [1.29, 1.82) is 0 Å². The second-order valence-corrected chi connectivity index (χ2v) is 5.64. The van der Waals surface area contributed by atoms with E-state index in [4.69, 9.17) is 11.6 Å². The SMILES string of the molecule is Cc1cc(C(=O)c2ccc(Br)c(F)c2)c(C)cc1Cl. The summed E-state index contributed by atoms with van der Waals surface area (Å²) in [7, 11) is 0. The van der Waals surface area contributed by atoms with Crippen molar-refractivity contribution in [2.24, 2.45) is 0 Å². The maximum Gasteiger partial charge on any atom is 0.193 e. The third-order valence-corrected chi connectivity index (χ3v) is 3.98. The molecule has 0 unspecified atom stereocenters. The van der Waals surface area contributed by atoms with Gasteiger partial charge in [0.15, 0.2) is 5.78 Å². The number of benzene rings is 2. The van der Waals surface area contributed by atoms with Crippen LogP contribution in [0.5, 0.6) is 0 Å². The van der Waals surface area contributed by atoms with Gasteiger partial charge < -0.3 is 0 Å². The quantitative estimate of drug-likeness (QED) is 0.695. The van der Waals surface area contributed by atoms with Crippen molar-refractivity contribution in [1.82, 2.24) is 0 Å². The average molecular weight is 342 g/mol. The normalized spacial score (nSPS) is 10.6. The molecule has 19 heavy (non-hydrogen) atoms. The number of carbonyl (C=O) groups excluding carboxylic acids is 1. The molecule has 4 heteroatoms. The van der Waals surface area contributed by atoms with Gasteiger partial charge in [0.2, 0.25) is 0 Å². The average Bonchev–Trinajstić information content (AvgIpc) is 2.36. The zero-order valence-electron chi connectivity index (χ0n) is 10.4. The molecule has 98 valence electrons. The predicted molar refractivity (Wildman–Crippen MR) is 78.5 cm³/mol. The van der Waals surface area contributed by atoms with Gasteiger partial charge in [-0.2, -0.15) is 0 Å². The first-order chi connectivity index (χ1) is 8.90. The second-order valence-electron chi connectivity index (χ2n) is 4.37. The Hall–Kier alpha value is -1.19. The first kappa shape index (κ1) is 14.2. The number of halogens is 3. The van der Waals surface area contributed by atoms with Crippen LogP contribution in [0.3, 0.4) is 0 Å². The Labute approximate surface area is 124 Å². The van der Waals surface area contributed by atoms with Crippen molar-refractivity contribution in [3.05, 3.63) is 67.9 Å². The molecule has 2 aromatic carbocycles. The maximum absolute atomic E-state index is 13.5. The lowest BCUT2D eigenvalue weighted by Crippen LogP contribution is -2.05. The van der Waals surface area contributed by atoms with Gasteiger partial charge in [0, 0.05) is 16.1 Å². The van der Waals surface area contributed by atoms with E-state index in [0.29, 0.717) is 20.6 Å². The third kappa shape index (κ3) is 2.88. The molecule has 0 aliphatic rings. The molecule has 1 nitrogen and oxygen atoms in total. The Bertz CT molecular complexity index is 667. The standard InChI is InChI=1S/C15H11BrClFO/c1-8-6-13(17)9(2)5-11(8)15(19)10-3-4-12(16)14(18)7-10/h3-7H,1-2H3. The summed E-state index contributed by atoms with van der Waals surface area (Å²) < 4.78 is 13.8. The van der Waals surface area contributed by atoms with Crippen LogP contribution in [0.15, 0.2) is 34.8 Å². The number of rotatable bonds is 2. The van der Waals surface area contributed by atoms with E-state index in [-0.39, 0.29) is 5.78 Å². The smallest absolute Gasteiger partial charge is 0.193 e. The van der Waals surface area contributed by atoms with Gasteiger partial charge in [0.1, 0.15) is 5.82 Å². The number of hydrogen-bond acceptors (Lipinski definition) is 1. The van der Waals surface area contributed by atoms with Gasteiger partial charge in [-0.3, -0.25) is 4.79 Å². The number of aryl methyl sites for hydroxylation is 2. The molecular formula is C15H11BrClFO. The summed E-state index contributed by atoms with van der Waals surface area (Å²) in [5, 5.41) is 0.621. The molecule has 2 aromatic rings. The molecule has 0 bridgehead atoms. The lowest BCUT2D eigenvalue weighted by atomic mass is 9.97. The summed E-state index contributed by atoms with van der Waals surface area (Å²) in [6, 6.07) is 7.84.